The van der Waals surface area contributed by atoms with Gasteiger partial charge in [0.05, 0.1) is 6.10 Å². The number of nitrogens with one attached hydrogen (secondary N) is 3. The number of phenols is 1. The van der Waals surface area contributed by atoms with Crippen LogP contribution in [0.2, 0.25) is 0 Å². The Balaban J connectivity index is 0.00000261. The summed E-state index contributed by atoms with van der Waals surface area (Å²) in [5, 5.41) is 18.8. The lowest BCUT2D eigenvalue weighted by Gasteiger charge is -2.54. The van der Waals surface area contributed by atoms with Crippen molar-refractivity contribution in [1.82, 2.24) is 10.6 Å². The van der Waals surface area contributed by atoms with E-state index < -0.39 is 0 Å². The second kappa shape index (κ2) is 9.09. The molecule has 8 heteroatoms. The van der Waals surface area contributed by atoms with Crippen molar-refractivity contribution in [2.45, 2.75) is 39.3 Å². The number of carbonyl (C=O) groups is 1. The van der Waals surface area contributed by atoms with Crippen LogP contribution in [0.4, 0.5) is 5.69 Å². The Kier molecular flexibility index (Phi) is 7.32. The predicted octanol–water partition coefficient (Wildman–Crippen LogP) is 2.32. The number of guanidine groups is 1. The third-order valence-electron chi connectivity index (χ3n) is 5.27. The van der Waals surface area contributed by atoms with Crippen LogP contribution in [0.15, 0.2) is 29.3 Å². The predicted molar refractivity (Wildman–Crippen MR) is 117 cm³/mol. The van der Waals surface area contributed by atoms with Crippen molar-refractivity contribution in [1.29, 1.82) is 0 Å². The van der Waals surface area contributed by atoms with Crippen molar-refractivity contribution in [3.8, 4) is 5.75 Å². The van der Waals surface area contributed by atoms with Gasteiger partial charge in [0.1, 0.15) is 12.3 Å². The third kappa shape index (κ3) is 4.84. The molecule has 1 heterocycles. The van der Waals surface area contributed by atoms with Crippen molar-refractivity contribution in [2.75, 3.05) is 25.0 Å². The van der Waals surface area contributed by atoms with E-state index in [1.807, 2.05) is 6.92 Å². The molecule has 4 N–H and O–H groups in total. The molecule has 0 bridgehead atoms. The Hall–Kier alpha value is -1.55. The number of rotatable bonds is 5. The van der Waals surface area contributed by atoms with Crippen LogP contribution in [0.25, 0.3) is 0 Å². The van der Waals surface area contributed by atoms with Gasteiger partial charge in [-0.05, 0) is 37.6 Å². The molecule has 3 rings (SSSR count). The van der Waals surface area contributed by atoms with Crippen LogP contribution in [0.3, 0.4) is 0 Å². The van der Waals surface area contributed by atoms with Gasteiger partial charge in [-0.1, -0.05) is 13.8 Å². The lowest BCUT2D eigenvalue weighted by Crippen LogP contribution is -2.68. The summed E-state index contributed by atoms with van der Waals surface area (Å²) in [6.07, 6.45) is 1.37. The van der Waals surface area contributed by atoms with Gasteiger partial charge in [-0.2, -0.15) is 0 Å². The Labute approximate surface area is 177 Å². The van der Waals surface area contributed by atoms with E-state index in [2.05, 4.69) is 34.8 Å². The summed E-state index contributed by atoms with van der Waals surface area (Å²) in [6.45, 7) is 7.98. The highest BCUT2D eigenvalue weighted by Crippen LogP contribution is 2.52. The molecular weight excluding hydrogens is 459 g/mol. The summed E-state index contributed by atoms with van der Waals surface area (Å²) in [5.74, 6) is 1.11. The first-order valence-electron chi connectivity index (χ1n) is 9.17. The molecule has 2 fully saturated rings. The lowest BCUT2D eigenvalue weighted by molar-refractivity contribution is -0.114. The van der Waals surface area contributed by atoms with Gasteiger partial charge in [-0.25, -0.2) is 4.99 Å². The second-order valence-electron chi connectivity index (χ2n) is 7.48. The summed E-state index contributed by atoms with van der Waals surface area (Å²) in [7, 11) is 0. The lowest BCUT2D eigenvalue weighted by atomic mass is 9.57. The number of carbonyl (C=O) groups excluding carboxylic acids is 1. The quantitative estimate of drug-likeness (QED) is 0.221. The highest BCUT2D eigenvalue weighted by Gasteiger charge is 2.59. The molecule has 1 aliphatic carbocycles. The average Bonchev–Trinajstić information content (AvgIpc) is 3.06. The maximum atomic E-state index is 12.1. The first-order chi connectivity index (χ1) is 12.4. The minimum absolute atomic E-state index is 0. The van der Waals surface area contributed by atoms with Crippen LogP contribution in [0.5, 0.6) is 5.75 Å². The van der Waals surface area contributed by atoms with E-state index in [1.165, 1.54) is 12.1 Å². The number of ether oxygens (including phenoxy) is 1. The number of aliphatic imine (C=N–C) groups is 1. The van der Waals surface area contributed by atoms with Gasteiger partial charge in [0.2, 0.25) is 5.91 Å². The highest BCUT2D eigenvalue weighted by molar-refractivity contribution is 14.0. The van der Waals surface area contributed by atoms with E-state index in [0.29, 0.717) is 23.7 Å². The second-order valence-corrected chi connectivity index (χ2v) is 7.48. The fraction of sp³-hybridized carbons (Fsp3) is 0.579. The molecule has 2 aliphatic rings. The topological polar surface area (TPSA) is 95.0 Å². The van der Waals surface area contributed by atoms with E-state index in [4.69, 9.17) is 4.74 Å². The molecular formula is C19H29IN4O3. The first-order valence-corrected chi connectivity index (χ1v) is 9.17. The summed E-state index contributed by atoms with van der Waals surface area (Å²) in [4.78, 5) is 16.5. The minimum atomic E-state index is -0.206. The Morgan fingerprint density at radius 3 is 2.70 bits per heavy atom. The number of halogens is 1. The minimum Gasteiger partial charge on any atom is -0.508 e. The molecule has 1 aromatic rings. The van der Waals surface area contributed by atoms with Crippen molar-refractivity contribution < 1.29 is 14.6 Å². The summed E-state index contributed by atoms with van der Waals surface area (Å²) in [6, 6.07) is 6.65. The van der Waals surface area contributed by atoms with E-state index in [1.54, 1.807) is 12.1 Å². The Morgan fingerprint density at radius 2 is 2.04 bits per heavy atom. The SMILES string of the molecule is CCNC(=NCC(=O)Nc1ccc(O)cc1)NC1C2CCOC2C1(C)C.I. The molecule has 1 aliphatic heterocycles. The third-order valence-corrected chi connectivity index (χ3v) is 5.27. The number of phenolic OH excluding ortho intramolecular Hbond substituents is 1. The van der Waals surface area contributed by atoms with Crippen LogP contribution in [-0.4, -0.2) is 48.8 Å². The van der Waals surface area contributed by atoms with E-state index in [9.17, 15) is 9.90 Å². The summed E-state index contributed by atoms with van der Waals surface area (Å²) < 4.78 is 5.83. The van der Waals surface area contributed by atoms with Gasteiger partial charge in [0.25, 0.3) is 0 Å². The van der Waals surface area contributed by atoms with Gasteiger partial charge in [-0.15, -0.1) is 24.0 Å². The largest absolute Gasteiger partial charge is 0.508 e. The van der Waals surface area contributed by atoms with Crippen molar-refractivity contribution in [3.63, 3.8) is 0 Å². The van der Waals surface area contributed by atoms with E-state index in [0.717, 1.165) is 19.6 Å². The molecule has 3 unspecified atom stereocenters. The molecule has 150 valence electrons. The summed E-state index contributed by atoms with van der Waals surface area (Å²) in [5.41, 5.74) is 0.679. The number of anilines is 1. The first kappa shape index (κ1) is 21.7. The number of aromatic hydroxyl groups is 1. The smallest absolute Gasteiger partial charge is 0.246 e. The number of amides is 1. The van der Waals surface area contributed by atoms with E-state index in [-0.39, 0.29) is 53.6 Å². The van der Waals surface area contributed by atoms with Crippen LogP contribution < -0.4 is 16.0 Å². The zero-order chi connectivity index (χ0) is 18.7. The fourth-order valence-corrected chi connectivity index (χ4v) is 3.98. The molecule has 1 saturated carbocycles. The number of hydrogen-bond acceptors (Lipinski definition) is 4. The van der Waals surface area contributed by atoms with Crippen LogP contribution in [0.1, 0.15) is 27.2 Å². The molecule has 1 aromatic carbocycles. The Bertz CT molecular complexity index is 678. The van der Waals surface area contributed by atoms with Gasteiger partial charge in [-0.3, -0.25) is 4.79 Å². The standard InChI is InChI=1S/C19H28N4O3.HI/c1-4-20-18(23-16-14-9-10-26-17(14)19(16,2)3)21-11-15(25)22-12-5-7-13(24)8-6-12;/h5-8,14,16-17,24H,4,9-11H2,1-3H3,(H,22,25)(H2,20,21,23);1H. The zero-order valence-corrected chi connectivity index (χ0v) is 18.3. The average molecular weight is 488 g/mol. The number of benzene rings is 1. The molecule has 1 amide bonds. The van der Waals surface area contributed by atoms with Crippen LogP contribution in [-0.2, 0) is 9.53 Å². The van der Waals surface area contributed by atoms with Gasteiger partial charge in [0.15, 0.2) is 5.96 Å². The maximum Gasteiger partial charge on any atom is 0.246 e. The molecule has 27 heavy (non-hydrogen) atoms. The number of hydrogen-bond donors (Lipinski definition) is 4. The molecule has 0 aromatic heterocycles. The van der Waals surface area contributed by atoms with Crippen molar-refractivity contribution in [2.24, 2.45) is 16.3 Å². The summed E-state index contributed by atoms with van der Waals surface area (Å²) >= 11 is 0. The zero-order valence-electron chi connectivity index (χ0n) is 16.0. The highest BCUT2D eigenvalue weighted by atomic mass is 127. The van der Waals surface area contributed by atoms with Crippen LogP contribution >= 0.6 is 24.0 Å². The fourth-order valence-electron chi connectivity index (χ4n) is 3.98. The number of nitrogens with zero attached hydrogens (tertiary/aromatic N) is 1. The molecule has 0 spiro atoms. The molecule has 7 nitrogen and oxygen atoms in total. The van der Waals surface area contributed by atoms with Gasteiger partial charge < -0.3 is 25.8 Å². The maximum absolute atomic E-state index is 12.1. The Morgan fingerprint density at radius 1 is 1.33 bits per heavy atom. The normalized spacial score (nSPS) is 25.6. The van der Waals surface area contributed by atoms with Crippen molar-refractivity contribution in [3.05, 3.63) is 24.3 Å². The van der Waals surface area contributed by atoms with Gasteiger partial charge in [0, 0.05) is 36.2 Å². The van der Waals surface area contributed by atoms with E-state index >= 15 is 0 Å². The monoisotopic (exact) mass is 488 g/mol. The number of fused-ring (bicyclic) bond motifs is 1. The van der Waals surface area contributed by atoms with Crippen LogP contribution in [0, 0.1) is 11.3 Å². The molecule has 1 saturated heterocycles. The molecule has 3 atom stereocenters. The van der Waals surface area contributed by atoms with Crippen molar-refractivity contribution >= 4 is 41.5 Å². The molecule has 0 radical (unpaired) electrons. The van der Waals surface area contributed by atoms with Gasteiger partial charge >= 0.3 is 0 Å².